The highest BCUT2D eigenvalue weighted by molar-refractivity contribution is 6.06. The molecule has 0 unspecified atom stereocenters. The smallest absolute Gasteiger partial charge is 0.185 e. The maximum Gasteiger partial charge on any atom is 0.185 e. The van der Waals surface area contributed by atoms with E-state index in [1.165, 1.54) is 0 Å². The van der Waals surface area contributed by atoms with E-state index in [4.69, 9.17) is 9.47 Å². The number of ketones is 1. The molecule has 0 bridgehead atoms. The predicted octanol–water partition coefficient (Wildman–Crippen LogP) is 3.91. The van der Waals surface area contributed by atoms with E-state index in [1.807, 2.05) is 49.4 Å². The minimum atomic E-state index is -0.0199. The molecular formula is C18H18O3. The number of carbonyl (C=O) groups excluding carboxylic acids is 1. The molecule has 0 radical (unpaired) electrons. The Morgan fingerprint density at radius 1 is 1.00 bits per heavy atom. The molecule has 2 aromatic rings. The summed E-state index contributed by atoms with van der Waals surface area (Å²) in [5.41, 5.74) is 2.64. The Bertz CT molecular complexity index is 672. The van der Waals surface area contributed by atoms with Gasteiger partial charge in [-0.2, -0.15) is 0 Å². The molecule has 0 atom stereocenters. The van der Waals surface area contributed by atoms with Crippen molar-refractivity contribution in [3.05, 3.63) is 65.2 Å². The Morgan fingerprint density at radius 2 is 1.76 bits per heavy atom. The number of ether oxygens (including phenoxy) is 2. The minimum absolute atomic E-state index is 0.0199. The molecule has 0 fully saturated rings. The van der Waals surface area contributed by atoms with Crippen LogP contribution in [0, 0.1) is 6.92 Å². The van der Waals surface area contributed by atoms with Gasteiger partial charge in [0.25, 0.3) is 0 Å². The van der Waals surface area contributed by atoms with Crippen molar-refractivity contribution in [2.45, 2.75) is 6.92 Å². The molecule has 108 valence electrons. The summed E-state index contributed by atoms with van der Waals surface area (Å²) in [6, 6.07) is 13.1. The third kappa shape index (κ3) is 3.72. The zero-order valence-corrected chi connectivity index (χ0v) is 12.4. The number of rotatable bonds is 5. The minimum Gasteiger partial charge on any atom is -0.493 e. The second-order valence-electron chi connectivity index (χ2n) is 4.68. The van der Waals surface area contributed by atoms with Crippen LogP contribution >= 0.6 is 0 Å². The van der Waals surface area contributed by atoms with Crippen LogP contribution in [-0.2, 0) is 0 Å². The van der Waals surface area contributed by atoms with Crippen LogP contribution in [-0.4, -0.2) is 20.0 Å². The molecule has 0 saturated heterocycles. The first-order valence-electron chi connectivity index (χ1n) is 6.65. The molecule has 2 rings (SSSR count). The van der Waals surface area contributed by atoms with E-state index in [0.29, 0.717) is 17.1 Å². The summed E-state index contributed by atoms with van der Waals surface area (Å²) in [4.78, 5) is 12.1. The molecule has 21 heavy (non-hydrogen) atoms. The van der Waals surface area contributed by atoms with E-state index in [-0.39, 0.29) is 5.78 Å². The molecule has 0 aromatic heterocycles. The number of hydrogen-bond acceptors (Lipinski definition) is 3. The van der Waals surface area contributed by atoms with Gasteiger partial charge in [0.15, 0.2) is 17.3 Å². The molecule has 3 heteroatoms. The zero-order valence-electron chi connectivity index (χ0n) is 12.4. The fraction of sp³-hybridized carbons (Fsp3) is 0.167. The van der Waals surface area contributed by atoms with Crippen molar-refractivity contribution in [1.29, 1.82) is 0 Å². The second kappa shape index (κ2) is 6.75. The van der Waals surface area contributed by atoms with Gasteiger partial charge >= 0.3 is 0 Å². The molecular weight excluding hydrogens is 264 g/mol. The lowest BCUT2D eigenvalue weighted by Crippen LogP contribution is -1.94. The number of carbonyl (C=O) groups is 1. The van der Waals surface area contributed by atoms with Crippen LogP contribution in [0.4, 0.5) is 0 Å². The van der Waals surface area contributed by atoms with Crippen LogP contribution in [0.25, 0.3) is 6.08 Å². The Kier molecular flexibility index (Phi) is 4.77. The molecule has 0 heterocycles. The summed E-state index contributed by atoms with van der Waals surface area (Å²) in [5, 5.41) is 0. The summed E-state index contributed by atoms with van der Waals surface area (Å²) in [5.74, 6) is 1.29. The van der Waals surface area contributed by atoms with Gasteiger partial charge in [-0.05, 0) is 36.8 Å². The molecule has 0 N–H and O–H groups in total. The first-order chi connectivity index (χ1) is 10.1. The standard InChI is InChI=1S/C18H18O3/c1-13-5-4-6-15(11-13)16(19)9-7-14-8-10-17(20-2)18(12-14)21-3/h4-12H,1-3H3/b9-7+. The molecule has 0 aliphatic heterocycles. The largest absolute Gasteiger partial charge is 0.493 e. The van der Waals surface area contributed by atoms with Crippen LogP contribution in [0.5, 0.6) is 11.5 Å². The maximum atomic E-state index is 12.1. The fourth-order valence-corrected chi connectivity index (χ4v) is 2.02. The second-order valence-corrected chi connectivity index (χ2v) is 4.68. The number of aryl methyl sites for hydroxylation is 1. The van der Waals surface area contributed by atoms with Crippen molar-refractivity contribution >= 4 is 11.9 Å². The maximum absolute atomic E-state index is 12.1. The molecule has 2 aromatic carbocycles. The van der Waals surface area contributed by atoms with Crippen molar-refractivity contribution < 1.29 is 14.3 Å². The molecule has 0 amide bonds. The quantitative estimate of drug-likeness (QED) is 0.616. The number of hydrogen-bond donors (Lipinski definition) is 0. The first kappa shape index (κ1) is 14.9. The van der Waals surface area contributed by atoms with Crippen molar-refractivity contribution in [2.75, 3.05) is 14.2 Å². The Hall–Kier alpha value is -2.55. The summed E-state index contributed by atoms with van der Waals surface area (Å²) in [7, 11) is 3.18. The highest BCUT2D eigenvalue weighted by Gasteiger charge is 2.04. The average molecular weight is 282 g/mol. The van der Waals surface area contributed by atoms with E-state index in [2.05, 4.69) is 0 Å². The normalized spacial score (nSPS) is 10.6. The lowest BCUT2D eigenvalue weighted by Gasteiger charge is -2.07. The Labute approximate surface area is 124 Å². The van der Waals surface area contributed by atoms with Crippen molar-refractivity contribution in [3.63, 3.8) is 0 Å². The van der Waals surface area contributed by atoms with Gasteiger partial charge < -0.3 is 9.47 Å². The van der Waals surface area contributed by atoms with Gasteiger partial charge in [-0.3, -0.25) is 4.79 Å². The van der Waals surface area contributed by atoms with Crippen molar-refractivity contribution in [1.82, 2.24) is 0 Å². The summed E-state index contributed by atoms with van der Waals surface area (Å²) >= 11 is 0. The van der Waals surface area contributed by atoms with Crippen LogP contribution in [0.2, 0.25) is 0 Å². The van der Waals surface area contributed by atoms with Gasteiger partial charge in [0.05, 0.1) is 14.2 Å². The predicted molar refractivity (Wildman–Crippen MR) is 84.1 cm³/mol. The van der Waals surface area contributed by atoms with Gasteiger partial charge in [0.1, 0.15) is 0 Å². The van der Waals surface area contributed by atoms with Gasteiger partial charge in [-0.25, -0.2) is 0 Å². The average Bonchev–Trinajstić information content (AvgIpc) is 2.52. The van der Waals surface area contributed by atoms with E-state index in [0.717, 1.165) is 11.1 Å². The SMILES string of the molecule is COc1ccc(/C=C/C(=O)c2cccc(C)c2)cc1OC. The van der Waals surface area contributed by atoms with E-state index in [1.54, 1.807) is 26.4 Å². The van der Waals surface area contributed by atoms with Crippen LogP contribution in [0.3, 0.4) is 0 Å². The monoisotopic (exact) mass is 282 g/mol. The van der Waals surface area contributed by atoms with Gasteiger partial charge in [-0.15, -0.1) is 0 Å². The lowest BCUT2D eigenvalue weighted by molar-refractivity contribution is 0.104. The summed E-state index contributed by atoms with van der Waals surface area (Å²) in [6.45, 7) is 1.97. The van der Waals surface area contributed by atoms with Crippen LogP contribution < -0.4 is 9.47 Å². The zero-order chi connectivity index (χ0) is 15.2. The topological polar surface area (TPSA) is 35.5 Å². The number of methoxy groups -OCH3 is 2. The van der Waals surface area contributed by atoms with Crippen molar-refractivity contribution in [3.8, 4) is 11.5 Å². The van der Waals surface area contributed by atoms with Crippen molar-refractivity contribution in [2.24, 2.45) is 0 Å². The van der Waals surface area contributed by atoms with Crippen LogP contribution in [0.1, 0.15) is 21.5 Å². The summed E-state index contributed by atoms with van der Waals surface area (Å²) in [6.07, 6.45) is 3.34. The molecule has 0 spiro atoms. The summed E-state index contributed by atoms with van der Waals surface area (Å²) < 4.78 is 10.4. The van der Waals surface area contributed by atoms with E-state index in [9.17, 15) is 4.79 Å². The molecule has 3 nitrogen and oxygen atoms in total. The van der Waals surface area contributed by atoms with Gasteiger partial charge in [0, 0.05) is 5.56 Å². The molecule has 0 aliphatic rings. The highest BCUT2D eigenvalue weighted by atomic mass is 16.5. The van der Waals surface area contributed by atoms with Gasteiger partial charge in [-0.1, -0.05) is 35.9 Å². The van der Waals surface area contributed by atoms with E-state index < -0.39 is 0 Å². The van der Waals surface area contributed by atoms with Crippen LogP contribution in [0.15, 0.2) is 48.5 Å². The fourth-order valence-electron chi connectivity index (χ4n) is 2.02. The third-order valence-corrected chi connectivity index (χ3v) is 3.14. The lowest BCUT2D eigenvalue weighted by atomic mass is 10.1. The molecule has 0 saturated carbocycles. The van der Waals surface area contributed by atoms with E-state index >= 15 is 0 Å². The Morgan fingerprint density at radius 3 is 2.43 bits per heavy atom. The molecule has 0 aliphatic carbocycles. The number of benzene rings is 2. The number of allylic oxidation sites excluding steroid dienone is 1. The first-order valence-corrected chi connectivity index (χ1v) is 6.65. The highest BCUT2D eigenvalue weighted by Crippen LogP contribution is 2.28. The van der Waals surface area contributed by atoms with Gasteiger partial charge in [0.2, 0.25) is 0 Å². The third-order valence-electron chi connectivity index (χ3n) is 3.14. The Balaban J connectivity index is 2.19.